The van der Waals surface area contributed by atoms with E-state index in [4.69, 9.17) is 9.84 Å². The van der Waals surface area contributed by atoms with Crippen molar-refractivity contribution in [1.82, 2.24) is 0 Å². The van der Waals surface area contributed by atoms with Crippen LogP contribution in [0.3, 0.4) is 0 Å². The van der Waals surface area contributed by atoms with Crippen LogP contribution >= 0.6 is 0 Å². The zero-order valence-electron chi connectivity index (χ0n) is 29.7. The number of allylic oxidation sites excluding steroid dienone is 22. The van der Waals surface area contributed by atoms with Crippen molar-refractivity contribution < 1.29 is 19.4 Å². The van der Waals surface area contributed by atoms with Gasteiger partial charge >= 0.3 is 11.9 Å². The predicted molar refractivity (Wildman–Crippen MR) is 208 cm³/mol. The molecule has 0 amide bonds. The molecule has 0 aromatic heterocycles. The quantitative estimate of drug-likeness (QED) is 0.0495. The number of rotatable bonds is 29. The first-order valence-corrected chi connectivity index (χ1v) is 17.8. The van der Waals surface area contributed by atoms with Gasteiger partial charge in [-0.05, 0) is 83.1 Å². The lowest BCUT2D eigenvalue weighted by Gasteiger charge is -2.12. The summed E-state index contributed by atoms with van der Waals surface area (Å²) in [6, 6.07) is 0. The van der Waals surface area contributed by atoms with Crippen molar-refractivity contribution >= 4 is 11.9 Å². The number of esters is 1. The average molecular weight is 655 g/mol. The molecule has 0 radical (unpaired) electrons. The van der Waals surface area contributed by atoms with E-state index < -0.39 is 5.97 Å². The van der Waals surface area contributed by atoms with Crippen LogP contribution < -0.4 is 0 Å². The minimum atomic E-state index is -0.772. The molecule has 0 aliphatic carbocycles. The van der Waals surface area contributed by atoms with E-state index >= 15 is 0 Å². The lowest BCUT2D eigenvalue weighted by Crippen LogP contribution is -2.15. The van der Waals surface area contributed by atoms with E-state index in [1.165, 1.54) is 0 Å². The molecular formula is C44H62O4. The summed E-state index contributed by atoms with van der Waals surface area (Å²) in [6.45, 7) is 4.27. The third-order valence-electron chi connectivity index (χ3n) is 6.58. The zero-order valence-corrected chi connectivity index (χ0v) is 29.7. The second-order valence-corrected chi connectivity index (χ2v) is 11.0. The molecule has 4 heteroatoms. The van der Waals surface area contributed by atoms with Crippen molar-refractivity contribution in [3.05, 3.63) is 146 Å². The predicted octanol–water partition coefficient (Wildman–Crippen LogP) is 12.5. The molecule has 0 bridgehead atoms. The topological polar surface area (TPSA) is 63.6 Å². The molecule has 0 fully saturated rings. The Kier molecular flexibility index (Phi) is 34.0. The van der Waals surface area contributed by atoms with E-state index in [-0.39, 0.29) is 18.5 Å². The molecule has 4 nitrogen and oxygen atoms in total. The fraction of sp³-hybridized carbons (Fsp3) is 0.409. The van der Waals surface area contributed by atoms with Gasteiger partial charge < -0.3 is 9.84 Å². The highest BCUT2D eigenvalue weighted by Gasteiger charge is 2.09. The molecule has 0 heterocycles. The number of carboxylic acid groups (broad SMARTS) is 1. The Hall–Kier alpha value is -4.18. The Bertz CT molecular complexity index is 1150. The second kappa shape index (κ2) is 37.3. The number of aliphatic carboxylic acids is 1. The number of carbonyl (C=O) groups is 2. The van der Waals surface area contributed by atoms with Crippen LogP contribution in [0.5, 0.6) is 0 Å². The Labute approximate surface area is 292 Å². The highest BCUT2D eigenvalue weighted by molar-refractivity contribution is 5.70. The van der Waals surface area contributed by atoms with Crippen molar-refractivity contribution in [2.24, 2.45) is 0 Å². The maximum Gasteiger partial charge on any atom is 0.306 e. The maximum atomic E-state index is 12.5. The maximum absolute atomic E-state index is 12.5. The first-order chi connectivity index (χ1) is 23.6. The van der Waals surface area contributed by atoms with Gasteiger partial charge in [-0.1, -0.05) is 154 Å². The van der Waals surface area contributed by atoms with E-state index in [0.29, 0.717) is 25.7 Å². The number of hydrogen-bond acceptors (Lipinski definition) is 3. The molecule has 0 saturated heterocycles. The molecule has 0 rings (SSSR count). The SMILES string of the molecule is CC/C=C\C/C=C\C/C=C\C/C=C\C/C=C\C/C=C\CCC(=O)OC(/C=C/C=C\C/C=C\C/C=C\CCC(=O)O)C/C=C\C/C=C\CC. The highest BCUT2D eigenvalue weighted by Crippen LogP contribution is 2.08. The van der Waals surface area contributed by atoms with Crippen LogP contribution in [0.4, 0.5) is 0 Å². The number of carbonyl (C=O) groups excluding carboxylic acids is 1. The van der Waals surface area contributed by atoms with E-state index in [9.17, 15) is 9.59 Å². The van der Waals surface area contributed by atoms with Gasteiger partial charge in [0, 0.05) is 19.3 Å². The second-order valence-electron chi connectivity index (χ2n) is 11.0. The molecule has 0 aliphatic heterocycles. The monoisotopic (exact) mass is 654 g/mol. The average Bonchev–Trinajstić information content (AvgIpc) is 3.07. The van der Waals surface area contributed by atoms with Gasteiger partial charge in [-0.3, -0.25) is 9.59 Å². The molecule has 1 unspecified atom stereocenters. The lowest BCUT2D eigenvalue weighted by molar-refractivity contribution is -0.146. The Balaban J connectivity index is 4.40. The van der Waals surface area contributed by atoms with Gasteiger partial charge in [-0.2, -0.15) is 0 Å². The van der Waals surface area contributed by atoms with Crippen LogP contribution in [0.25, 0.3) is 0 Å². The fourth-order valence-corrected chi connectivity index (χ4v) is 4.02. The molecule has 0 aromatic carbocycles. The van der Waals surface area contributed by atoms with Gasteiger partial charge in [0.2, 0.25) is 0 Å². The highest BCUT2D eigenvalue weighted by atomic mass is 16.5. The molecule has 1 atom stereocenters. The van der Waals surface area contributed by atoms with Gasteiger partial charge in [-0.25, -0.2) is 0 Å². The summed E-state index contributed by atoms with van der Waals surface area (Å²) in [5, 5.41) is 8.64. The van der Waals surface area contributed by atoms with E-state index in [1.54, 1.807) is 0 Å². The van der Waals surface area contributed by atoms with Gasteiger partial charge in [0.15, 0.2) is 0 Å². The fourth-order valence-electron chi connectivity index (χ4n) is 4.02. The van der Waals surface area contributed by atoms with Crippen molar-refractivity contribution in [2.75, 3.05) is 0 Å². The molecule has 0 aromatic rings. The summed E-state index contributed by atoms with van der Waals surface area (Å²) >= 11 is 0. The van der Waals surface area contributed by atoms with Crippen LogP contribution in [-0.2, 0) is 14.3 Å². The number of hydrogen-bond donors (Lipinski definition) is 1. The Morgan fingerprint density at radius 1 is 0.479 bits per heavy atom. The van der Waals surface area contributed by atoms with Gasteiger partial charge in [0.1, 0.15) is 6.10 Å². The van der Waals surface area contributed by atoms with Crippen molar-refractivity contribution in [2.45, 2.75) is 116 Å². The van der Waals surface area contributed by atoms with E-state index in [0.717, 1.165) is 64.2 Å². The lowest BCUT2D eigenvalue weighted by atomic mass is 10.2. The van der Waals surface area contributed by atoms with Crippen LogP contribution in [0.1, 0.15) is 110 Å². The number of carboxylic acids is 1. The van der Waals surface area contributed by atoms with Crippen molar-refractivity contribution in [3.8, 4) is 0 Å². The van der Waals surface area contributed by atoms with Crippen LogP contribution in [0.2, 0.25) is 0 Å². The minimum Gasteiger partial charge on any atom is -0.481 e. The molecule has 48 heavy (non-hydrogen) atoms. The third-order valence-corrected chi connectivity index (χ3v) is 6.58. The number of ether oxygens (including phenoxy) is 1. The summed E-state index contributed by atoms with van der Waals surface area (Å²) in [5.74, 6) is -0.960. The summed E-state index contributed by atoms with van der Waals surface area (Å²) in [7, 11) is 0. The first-order valence-electron chi connectivity index (χ1n) is 17.8. The van der Waals surface area contributed by atoms with Gasteiger partial charge in [-0.15, -0.1) is 0 Å². The molecule has 0 aliphatic rings. The molecule has 262 valence electrons. The van der Waals surface area contributed by atoms with Crippen molar-refractivity contribution in [1.29, 1.82) is 0 Å². The minimum absolute atomic E-state index is 0.167. The standard InChI is InChI=1S/C44H62O4/c1-3-5-7-9-11-12-13-14-15-16-17-18-19-20-21-26-29-33-37-41-44(47)48-42(38-34-30-10-8-6-4-2)39-35-31-27-24-22-23-25-28-32-36-40-43(45)46/h5-8,11-12,14-15,17-18,20-23,27-35,39,42H,3-4,9-10,13,16,19,24-26,36-38,40-41H2,1-2H3,(H,45,46)/b7-5-,8-6-,12-11-,15-14-,18-17-,21-20-,23-22-,31-27-,32-28-,33-29-,34-30-,39-35+. The summed E-state index contributed by atoms with van der Waals surface area (Å²) < 4.78 is 5.77. The zero-order chi connectivity index (χ0) is 35.0. The Morgan fingerprint density at radius 2 is 0.854 bits per heavy atom. The summed E-state index contributed by atoms with van der Waals surface area (Å²) in [4.78, 5) is 23.0. The largest absolute Gasteiger partial charge is 0.481 e. The normalized spacial score (nSPS) is 14.0. The molecule has 0 saturated carbocycles. The van der Waals surface area contributed by atoms with Gasteiger partial charge in [0.25, 0.3) is 0 Å². The van der Waals surface area contributed by atoms with E-state index in [2.05, 4.69) is 117 Å². The molecule has 0 spiro atoms. The van der Waals surface area contributed by atoms with E-state index in [1.807, 2.05) is 42.5 Å². The van der Waals surface area contributed by atoms with Crippen LogP contribution in [0, 0.1) is 0 Å². The summed E-state index contributed by atoms with van der Waals surface area (Å²) in [5.41, 5.74) is 0. The molecule has 1 N–H and O–H groups in total. The first kappa shape index (κ1) is 43.8. The smallest absolute Gasteiger partial charge is 0.306 e. The van der Waals surface area contributed by atoms with Crippen LogP contribution in [0.15, 0.2) is 146 Å². The van der Waals surface area contributed by atoms with Gasteiger partial charge in [0.05, 0.1) is 0 Å². The van der Waals surface area contributed by atoms with Crippen LogP contribution in [-0.4, -0.2) is 23.1 Å². The van der Waals surface area contributed by atoms with Crippen molar-refractivity contribution in [3.63, 3.8) is 0 Å². The Morgan fingerprint density at radius 3 is 1.29 bits per heavy atom. The third kappa shape index (κ3) is 36.3. The molecular weight excluding hydrogens is 592 g/mol. The summed E-state index contributed by atoms with van der Waals surface area (Å²) in [6.07, 6.45) is 61.9.